The number of benzene rings is 1. The normalized spacial score (nSPS) is 18.6. The number of para-hydroxylation sites is 1. The fraction of sp³-hybridized carbons (Fsp3) is 0.500. The lowest BCUT2D eigenvalue weighted by Gasteiger charge is -2.27. The van der Waals surface area contributed by atoms with E-state index in [0.717, 1.165) is 25.8 Å². The predicted molar refractivity (Wildman–Crippen MR) is 75.2 cm³/mol. The summed E-state index contributed by atoms with van der Waals surface area (Å²) in [5, 5.41) is 14.2. The van der Waals surface area contributed by atoms with Gasteiger partial charge in [-0.25, -0.2) is 0 Å². The van der Waals surface area contributed by atoms with Gasteiger partial charge in [0.05, 0.1) is 17.5 Å². The Balaban J connectivity index is 2.05. The zero-order chi connectivity index (χ0) is 14.5. The number of carbonyl (C=O) groups is 1. The Kier molecular flexibility index (Phi) is 4.68. The molecule has 1 N–H and O–H groups in total. The van der Waals surface area contributed by atoms with E-state index in [9.17, 15) is 14.9 Å². The third kappa shape index (κ3) is 3.33. The van der Waals surface area contributed by atoms with Gasteiger partial charge in [-0.2, -0.15) is 0 Å². The monoisotopic (exact) mass is 277 g/mol. The average Bonchev–Trinajstić information content (AvgIpc) is 2.47. The molecule has 0 radical (unpaired) electrons. The van der Waals surface area contributed by atoms with Gasteiger partial charge >= 0.3 is 0 Å². The van der Waals surface area contributed by atoms with E-state index in [2.05, 4.69) is 5.32 Å². The Hall–Kier alpha value is -1.95. The average molecular weight is 277 g/mol. The molecule has 1 aliphatic rings. The minimum Gasteiger partial charge on any atom is -0.340 e. The maximum atomic E-state index is 12.3. The van der Waals surface area contributed by atoms with Crippen molar-refractivity contribution >= 4 is 11.6 Å². The number of piperidine rings is 1. The van der Waals surface area contributed by atoms with Gasteiger partial charge in [0.15, 0.2) is 0 Å². The summed E-state index contributed by atoms with van der Waals surface area (Å²) in [4.78, 5) is 24.4. The highest BCUT2D eigenvalue weighted by Gasteiger charge is 2.25. The van der Waals surface area contributed by atoms with Gasteiger partial charge in [0, 0.05) is 18.7 Å². The number of nitro benzene ring substituents is 1. The van der Waals surface area contributed by atoms with E-state index in [0.29, 0.717) is 5.56 Å². The van der Waals surface area contributed by atoms with E-state index in [1.807, 2.05) is 0 Å². The molecule has 0 spiro atoms. The van der Waals surface area contributed by atoms with Gasteiger partial charge in [0.2, 0.25) is 5.91 Å². The highest BCUT2D eigenvalue weighted by atomic mass is 16.6. The summed E-state index contributed by atoms with van der Waals surface area (Å²) in [5.74, 6) is 0.00264. The number of hydrogen-bond donors (Lipinski definition) is 1. The fourth-order valence-electron chi connectivity index (χ4n) is 2.48. The second-order valence-electron chi connectivity index (χ2n) is 5.08. The molecule has 0 unspecified atom stereocenters. The van der Waals surface area contributed by atoms with Crippen LogP contribution < -0.4 is 5.32 Å². The second-order valence-corrected chi connectivity index (χ2v) is 5.08. The minimum atomic E-state index is -0.410. The van der Waals surface area contributed by atoms with E-state index in [1.54, 1.807) is 30.1 Å². The van der Waals surface area contributed by atoms with Gasteiger partial charge in [-0.05, 0) is 19.4 Å². The van der Waals surface area contributed by atoms with Crippen LogP contribution in [0.2, 0.25) is 0 Å². The highest BCUT2D eigenvalue weighted by Crippen LogP contribution is 2.20. The number of nitrogens with one attached hydrogen (secondary N) is 1. The SMILES string of the molecule is CN(Cc1ccccc1[N+](=O)[O-])C(=O)[C@H]1CCCCN1. The number of likely N-dealkylation sites (N-methyl/N-ethyl adjacent to an activating group) is 1. The molecule has 20 heavy (non-hydrogen) atoms. The molecule has 1 aromatic carbocycles. The summed E-state index contributed by atoms with van der Waals surface area (Å²) < 4.78 is 0. The van der Waals surface area contributed by atoms with E-state index in [4.69, 9.17) is 0 Å². The van der Waals surface area contributed by atoms with E-state index in [-0.39, 0.29) is 24.2 Å². The first-order chi connectivity index (χ1) is 9.59. The molecule has 0 aliphatic carbocycles. The Morgan fingerprint density at radius 3 is 2.85 bits per heavy atom. The summed E-state index contributed by atoms with van der Waals surface area (Å²) in [6.45, 7) is 1.11. The van der Waals surface area contributed by atoms with Crippen molar-refractivity contribution < 1.29 is 9.72 Å². The first-order valence-electron chi connectivity index (χ1n) is 6.80. The van der Waals surface area contributed by atoms with Gasteiger partial charge < -0.3 is 10.2 Å². The van der Waals surface area contributed by atoms with Crippen molar-refractivity contribution in [1.82, 2.24) is 10.2 Å². The Labute approximate surface area is 117 Å². The van der Waals surface area contributed by atoms with Gasteiger partial charge in [-0.1, -0.05) is 24.6 Å². The number of hydrogen-bond acceptors (Lipinski definition) is 4. The summed E-state index contributed by atoms with van der Waals surface area (Å²) in [6.07, 6.45) is 2.97. The van der Waals surface area contributed by atoms with Crippen molar-refractivity contribution in [2.75, 3.05) is 13.6 Å². The predicted octanol–water partition coefficient (Wildman–Crippen LogP) is 1.70. The molecular weight excluding hydrogens is 258 g/mol. The molecule has 1 atom stereocenters. The molecule has 6 nitrogen and oxygen atoms in total. The molecule has 1 aliphatic heterocycles. The van der Waals surface area contributed by atoms with Crippen molar-refractivity contribution in [3.8, 4) is 0 Å². The van der Waals surface area contributed by atoms with Crippen LogP contribution in [-0.4, -0.2) is 35.4 Å². The Morgan fingerprint density at radius 2 is 2.20 bits per heavy atom. The molecule has 2 rings (SSSR count). The molecule has 0 bridgehead atoms. The van der Waals surface area contributed by atoms with Crippen LogP contribution in [-0.2, 0) is 11.3 Å². The first kappa shape index (κ1) is 14.5. The number of nitro groups is 1. The summed E-state index contributed by atoms with van der Waals surface area (Å²) >= 11 is 0. The molecule has 1 fully saturated rings. The van der Waals surface area contributed by atoms with E-state index in [1.165, 1.54) is 6.07 Å². The van der Waals surface area contributed by atoms with Crippen molar-refractivity contribution in [3.05, 3.63) is 39.9 Å². The molecule has 0 saturated carbocycles. The molecule has 1 amide bonds. The minimum absolute atomic E-state index is 0.00264. The smallest absolute Gasteiger partial charge is 0.274 e. The maximum Gasteiger partial charge on any atom is 0.274 e. The molecule has 6 heteroatoms. The summed E-state index contributed by atoms with van der Waals surface area (Å²) in [6, 6.07) is 6.38. The van der Waals surface area contributed by atoms with Crippen LogP contribution in [0.25, 0.3) is 0 Å². The molecule has 1 heterocycles. The maximum absolute atomic E-state index is 12.3. The standard InChI is InChI=1S/C14H19N3O3/c1-16(14(18)12-7-4-5-9-15-12)10-11-6-2-3-8-13(11)17(19)20/h2-3,6,8,12,15H,4-5,7,9-10H2,1H3/t12-/m1/s1. The zero-order valence-corrected chi connectivity index (χ0v) is 11.5. The van der Waals surface area contributed by atoms with Crippen molar-refractivity contribution in [2.24, 2.45) is 0 Å². The van der Waals surface area contributed by atoms with Crippen LogP contribution in [0, 0.1) is 10.1 Å². The topological polar surface area (TPSA) is 75.5 Å². The lowest BCUT2D eigenvalue weighted by atomic mass is 10.0. The third-order valence-corrected chi connectivity index (χ3v) is 3.58. The number of carbonyl (C=O) groups excluding carboxylic acids is 1. The van der Waals surface area contributed by atoms with Gasteiger partial charge in [0.1, 0.15) is 0 Å². The lowest BCUT2D eigenvalue weighted by molar-refractivity contribution is -0.385. The quantitative estimate of drug-likeness (QED) is 0.671. The van der Waals surface area contributed by atoms with Gasteiger partial charge in [0.25, 0.3) is 5.69 Å². The van der Waals surface area contributed by atoms with Gasteiger partial charge in [-0.15, -0.1) is 0 Å². The van der Waals surface area contributed by atoms with E-state index < -0.39 is 4.92 Å². The van der Waals surface area contributed by atoms with E-state index >= 15 is 0 Å². The molecule has 1 aromatic rings. The Bertz CT molecular complexity index is 498. The van der Waals surface area contributed by atoms with Crippen LogP contribution in [0.15, 0.2) is 24.3 Å². The van der Waals surface area contributed by atoms with Crippen LogP contribution in [0.1, 0.15) is 24.8 Å². The largest absolute Gasteiger partial charge is 0.340 e. The van der Waals surface area contributed by atoms with Crippen LogP contribution in [0.4, 0.5) is 5.69 Å². The third-order valence-electron chi connectivity index (χ3n) is 3.58. The lowest BCUT2D eigenvalue weighted by Crippen LogP contribution is -2.47. The zero-order valence-electron chi connectivity index (χ0n) is 11.5. The van der Waals surface area contributed by atoms with Crippen LogP contribution >= 0.6 is 0 Å². The molecule has 0 aromatic heterocycles. The van der Waals surface area contributed by atoms with Gasteiger partial charge in [-0.3, -0.25) is 14.9 Å². The molecule has 108 valence electrons. The number of amides is 1. The number of rotatable bonds is 4. The first-order valence-corrected chi connectivity index (χ1v) is 6.80. The summed E-state index contributed by atoms with van der Waals surface area (Å²) in [5.41, 5.74) is 0.618. The molecule has 1 saturated heterocycles. The Morgan fingerprint density at radius 1 is 1.45 bits per heavy atom. The van der Waals surface area contributed by atoms with Crippen molar-refractivity contribution in [1.29, 1.82) is 0 Å². The van der Waals surface area contributed by atoms with Crippen LogP contribution in [0.3, 0.4) is 0 Å². The van der Waals surface area contributed by atoms with Crippen molar-refractivity contribution in [3.63, 3.8) is 0 Å². The molecular formula is C14H19N3O3. The fourth-order valence-corrected chi connectivity index (χ4v) is 2.48. The summed E-state index contributed by atoms with van der Waals surface area (Å²) in [7, 11) is 1.69. The van der Waals surface area contributed by atoms with Crippen LogP contribution in [0.5, 0.6) is 0 Å². The highest BCUT2D eigenvalue weighted by molar-refractivity contribution is 5.81. The number of nitrogens with zero attached hydrogens (tertiary/aromatic N) is 2. The second kappa shape index (κ2) is 6.47. The van der Waals surface area contributed by atoms with Crippen molar-refractivity contribution in [2.45, 2.75) is 31.8 Å².